The molecule has 3 unspecified atom stereocenters. The fourth-order valence-electron chi connectivity index (χ4n) is 6.02. The van der Waals surface area contributed by atoms with E-state index in [1.54, 1.807) is 50.2 Å². The number of fused-ring (bicyclic) bond motifs is 2. The first-order chi connectivity index (χ1) is 21.3. The van der Waals surface area contributed by atoms with Gasteiger partial charge in [-0.1, -0.05) is 54.6 Å². The predicted molar refractivity (Wildman–Crippen MR) is 163 cm³/mol. The molecule has 6 rings (SSSR count). The van der Waals surface area contributed by atoms with Crippen LogP contribution in [0.2, 0.25) is 0 Å². The van der Waals surface area contributed by atoms with E-state index in [4.69, 9.17) is 0 Å². The number of aromatic hydroxyl groups is 1. The lowest BCUT2D eigenvalue weighted by molar-refractivity contribution is -0.191. The average Bonchev–Trinajstić information content (AvgIpc) is 3.51. The third kappa shape index (κ3) is 5.59. The van der Waals surface area contributed by atoms with E-state index in [2.05, 4.69) is 27.3 Å². The number of nitrogens with one attached hydrogen (secondary N) is 2. The van der Waals surface area contributed by atoms with E-state index < -0.39 is 18.2 Å². The second-order valence-electron chi connectivity index (χ2n) is 11.0. The molecule has 3 heterocycles. The molecule has 3 atom stereocenters. The van der Waals surface area contributed by atoms with Gasteiger partial charge in [0.05, 0.1) is 19.1 Å². The first kappa shape index (κ1) is 28.9. The van der Waals surface area contributed by atoms with Gasteiger partial charge in [-0.15, -0.1) is 6.58 Å². The molecule has 1 aromatic heterocycles. The number of urea groups is 1. The molecule has 0 saturated carbocycles. The summed E-state index contributed by atoms with van der Waals surface area (Å²) in [5, 5.41) is 27.0. The van der Waals surface area contributed by atoms with Crippen molar-refractivity contribution in [2.75, 3.05) is 19.6 Å². The van der Waals surface area contributed by atoms with Gasteiger partial charge in [0.2, 0.25) is 11.8 Å². The summed E-state index contributed by atoms with van der Waals surface area (Å²) in [6.07, 6.45) is 1.09. The molecule has 2 saturated heterocycles. The maximum Gasteiger partial charge on any atom is 0.334 e. The fourth-order valence-corrected chi connectivity index (χ4v) is 6.02. The van der Waals surface area contributed by atoms with Crippen molar-refractivity contribution in [2.45, 2.75) is 38.1 Å². The SMILES string of the molecule is C=CCN1CC(=O)N2C(Cc3ccc(O)cc3)C(=O)N(C(C)c3ccc4n[nH]nc4c3)CC2N1C(=O)NCc1ccccc1. The van der Waals surface area contributed by atoms with Gasteiger partial charge in [0.15, 0.2) is 0 Å². The van der Waals surface area contributed by atoms with Gasteiger partial charge in [0.1, 0.15) is 29.0 Å². The quantitative estimate of drug-likeness (QED) is 0.267. The summed E-state index contributed by atoms with van der Waals surface area (Å²) < 4.78 is 0. The second-order valence-corrected chi connectivity index (χ2v) is 11.0. The lowest BCUT2D eigenvalue weighted by Gasteiger charge is -2.56. The standard InChI is InChI=1S/C32H34N8O4/c1-3-15-37-20-30(42)39-28(16-22-9-12-25(41)13-10-22)31(43)38(21(2)24-11-14-26-27(17-24)35-36-34-26)19-29(39)40(37)32(44)33-18-23-7-5-4-6-8-23/h3-14,17,21,28-29,41H,1,15-16,18-20H2,2H3,(H,33,44)(H,34,35,36). The molecule has 12 nitrogen and oxygen atoms in total. The number of hydrogen-bond acceptors (Lipinski definition) is 7. The van der Waals surface area contributed by atoms with Crippen molar-refractivity contribution >= 4 is 28.9 Å². The number of H-pyrrole nitrogens is 1. The first-order valence-corrected chi connectivity index (χ1v) is 14.5. The van der Waals surface area contributed by atoms with Crippen LogP contribution in [0.3, 0.4) is 0 Å². The molecule has 4 amide bonds. The monoisotopic (exact) mass is 594 g/mol. The van der Waals surface area contributed by atoms with Gasteiger partial charge in [-0.05, 0) is 47.9 Å². The number of nitrogens with zero attached hydrogens (tertiary/aromatic N) is 6. The summed E-state index contributed by atoms with van der Waals surface area (Å²) in [6, 6.07) is 20.2. The number of carbonyl (C=O) groups excluding carboxylic acids is 3. The second kappa shape index (κ2) is 12.2. The molecule has 3 aromatic carbocycles. The number of aromatic amines is 1. The smallest absolute Gasteiger partial charge is 0.334 e. The Balaban J connectivity index is 1.37. The highest BCUT2D eigenvalue weighted by molar-refractivity contribution is 5.92. The Labute approximate surface area is 254 Å². The number of piperazine rings is 1. The van der Waals surface area contributed by atoms with Gasteiger partial charge < -0.3 is 20.2 Å². The molecule has 0 bridgehead atoms. The molecular weight excluding hydrogens is 560 g/mol. The molecule has 44 heavy (non-hydrogen) atoms. The van der Waals surface area contributed by atoms with Crippen LogP contribution in [0.4, 0.5) is 4.79 Å². The molecule has 12 heteroatoms. The molecule has 0 radical (unpaired) electrons. The minimum atomic E-state index is -0.876. The average molecular weight is 595 g/mol. The molecule has 3 N–H and O–H groups in total. The van der Waals surface area contributed by atoms with Crippen molar-refractivity contribution in [1.29, 1.82) is 0 Å². The molecule has 2 aliphatic rings. The third-order valence-electron chi connectivity index (χ3n) is 8.27. The van der Waals surface area contributed by atoms with Crippen LogP contribution in [0.15, 0.2) is 85.5 Å². The number of benzene rings is 3. The minimum Gasteiger partial charge on any atom is -0.508 e. The number of rotatable bonds is 8. The number of amides is 4. The van der Waals surface area contributed by atoms with E-state index >= 15 is 0 Å². The highest BCUT2D eigenvalue weighted by Crippen LogP contribution is 2.33. The summed E-state index contributed by atoms with van der Waals surface area (Å²) >= 11 is 0. The highest BCUT2D eigenvalue weighted by atomic mass is 16.3. The summed E-state index contributed by atoms with van der Waals surface area (Å²) in [7, 11) is 0. The summed E-state index contributed by atoms with van der Waals surface area (Å²) in [5.41, 5.74) is 3.94. The minimum absolute atomic E-state index is 0.0843. The summed E-state index contributed by atoms with van der Waals surface area (Å²) in [5.74, 6) is -0.370. The van der Waals surface area contributed by atoms with E-state index in [-0.39, 0.29) is 49.7 Å². The highest BCUT2D eigenvalue weighted by Gasteiger charge is 2.52. The lowest BCUT2D eigenvalue weighted by Crippen LogP contribution is -2.76. The zero-order valence-corrected chi connectivity index (χ0v) is 24.3. The van der Waals surface area contributed by atoms with E-state index in [9.17, 15) is 19.5 Å². The number of aromatic nitrogens is 3. The predicted octanol–water partition coefficient (Wildman–Crippen LogP) is 2.96. The van der Waals surface area contributed by atoms with Crippen molar-refractivity contribution in [3.05, 3.63) is 102 Å². The van der Waals surface area contributed by atoms with Crippen molar-refractivity contribution < 1.29 is 19.5 Å². The fraction of sp³-hybridized carbons (Fsp3) is 0.281. The number of phenolic OH excluding ortho intramolecular Hbond substituents is 1. The van der Waals surface area contributed by atoms with Crippen molar-refractivity contribution in [3.63, 3.8) is 0 Å². The van der Waals surface area contributed by atoms with Crippen LogP contribution >= 0.6 is 0 Å². The van der Waals surface area contributed by atoms with Gasteiger partial charge in [-0.3, -0.25) is 9.59 Å². The number of hydrogen-bond donors (Lipinski definition) is 3. The van der Waals surface area contributed by atoms with Gasteiger partial charge in [-0.25, -0.2) is 14.8 Å². The van der Waals surface area contributed by atoms with Crippen LogP contribution in [0, 0.1) is 0 Å². The first-order valence-electron chi connectivity index (χ1n) is 14.5. The van der Waals surface area contributed by atoms with Gasteiger partial charge in [0.25, 0.3) is 0 Å². The maximum absolute atomic E-state index is 14.3. The lowest BCUT2D eigenvalue weighted by atomic mass is 9.96. The molecular formula is C32H34N8O4. The van der Waals surface area contributed by atoms with Crippen LogP contribution < -0.4 is 5.32 Å². The van der Waals surface area contributed by atoms with Crippen LogP contribution in [0.5, 0.6) is 5.75 Å². The van der Waals surface area contributed by atoms with Crippen LogP contribution in [0.25, 0.3) is 11.0 Å². The number of hydrazine groups is 1. The van der Waals surface area contributed by atoms with Crippen molar-refractivity contribution in [2.24, 2.45) is 0 Å². The van der Waals surface area contributed by atoms with E-state index in [0.29, 0.717) is 17.6 Å². The van der Waals surface area contributed by atoms with Gasteiger partial charge >= 0.3 is 6.03 Å². The molecule has 0 spiro atoms. The Morgan fingerprint density at radius 1 is 1.07 bits per heavy atom. The molecule has 2 fully saturated rings. The number of phenols is 1. The van der Waals surface area contributed by atoms with Crippen LogP contribution in [-0.4, -0.2) is 90.0 Å². The topological polar surface area (TPSA) is 138 Å². The normalized spacial score (nSPS) is 19.6. The Hall–Kier alpha value is -5.23. The zero-order chi connectivity index (χ0) is 30.8. The third-order valence-corrected chi connectivity index (χ3v) is 8.27. The molecule has 4 aromatic rings. The summed E-state index contributed by atoms with van der Waals surface area (Å²) in [4.78, 5) is 45.3. The zero-order valence-electron chi connectivity index (χ0n) is 24.3. The Kier molecular flexibility index (Phi) is 7.99. The molecule has 226 valence electrons. The van der Waals surface area contributed by atoms with E-state index in [1.165, 1.54) is 0 Å². The Morgan fingerprint density at radius 2 is 1.82 bits per heavy atom. The largest absolute Gasteiger partial charge is 0.508 e. The Bertz CT molecular complexity index is 1670. The maximum atomic E-state index is 14.3. The molecule has 2 aliphatic heterocycles. The van der Waals surface area contributed by atoms with Crippen molar-refractivity contribution in [1.82, 2.24) is 40.5 Å². The van der Waals surface area contributed by atoms with Crippen molar-refractivity contribution in [3.8, 4) is 5.75 Å². The van der Waals surface area contributed by atoms with Gasteiger partial charge in [-0.2, -0.15) is 15.4 Å². The summed E-state index contributed by atoms with van der Waals surface area (Å²) in [6.45, 7) is 6.35. The Morgan fingerprint density at radius 3 is 2.57 bits per heavy atom. The van der Waals surface area contributed by atoms with Crippen LogP contribution in [-0.2, 0) is 22.6 Å². The molecule has 0 aliphatic carbocycles. The van der Waals surface area contributed by atoms with Gasteiger partial charge in [0, 0.05) is 19.5 Å². The number of carbonyl (C=O) groups is 3. The van der Waals surface area contributed by atoms with E-state index in [1.807, 2.05) is 55.5 Å². The van der Waals surface area contributed by atoms with Crippen LogP contribution in [0.1, 0.15) is 29.7 Å². The van der Waals surface area contributed by atoms with E-state index in [0.717, 1.165) is 16.7 Å².